The summed E-state index contributed by atoms with van der Waals surface area (Å²) in [7, 11) is 2.09. The molecule has 3 rings (SSSR count). The van der Waals surface area contributed by atoms with Gasteiger partial charge in [-0.05, 0) is 101 Å². The van der Waals surface area contributed by atoms with Crippen molar-refractivity contribution in [1.29, 1.82) is 0 Å². The summed E-state index contributed by atoms with van der Waals surface area (Å²) in [6, 6.07) is 0. The molecule has 1 radical (unpaired) electrons. The smallest absolute Gasteiger partial charge is 0.230 e. The molecule has 0 fully saturated rings. The number of hydrogen-bond donors (Lipinski definition) is 0. The van der Waals surface area contributed by atoms with E-state index in [0.717, 1.165) is 40.7 Å². The minimum absolute atomic E-state index is 0. The van der Waals surface area contributed by atoms with Gasteiger partial charge in [0.25, 0.3) is 0 Å². The third kappa shape index (κ3) is 5.07. The predicted octanol–water partition coefficient (Wildman–Crippen LogP) is 7.74. The second-order valence-electron chi connectivity index (χ2n) is 9.92. The molecule has 0 N–H and O–H groups in total. The minimum Gasteiger partial charge on any atom is -0.313 e. The molecule has 0 aliphatic rings. The Balaban J connectivity index is 0.00000432. The molecular formula is C30H41N4Y-. The Labute approximate surface area is 238 Å². The molecule has 4 nitrogen and oxygen atoms in total. The molecule has 0 aliphatic carbocycles. The molecule has 3 aromatic rings. The number of aryl methyl sites for hydroxylation is 2. The Morgan fingerprint density at radius 3 is 1.63 bits per heavy atom. The fourth-order valence-electron chi connectivity index (χ4n) is 4.94. The maximum absolute atomic E-state index is 5.21. The van der Waals surface area contributed by atoms with Crippen LogP contribution in [-0.4, -0.2) is 22.0 Å². The number of rotatable bonds is 5. The van der Waals surface area contributed by atoms with E-state index >= 15 is 0 Å². The van der Waals surface area contributed by atoms with E-state index in [4.69, 9.17) is 15.0 Å². The summed E-state index contributed by atoms with van der Waals surface area (Å²) in [6.45, 7) is 26.1. The first-order valence-electron chi connectivity index (χ1n) is 12.3. The minimum atomic E-state index is 0. The van der Waals surface area contributed by atoms with Gasteiger partial charge in [0.15, 0.2) is 0 Å². The van der Waals surface area contributed by atoms with E-state index in [1.807, 2.05) is 0 Å². The van der Waals surface area contributed by atoms with E-state index in [2.05, 4.69) is 95.0 Å². The van der Waals surface area contributed by atoms with Gasteiger partial charge in [0.05, 0.1) is 5.69 Å². The van der Waals surface area contributed by atoms with Crippen molar-refractivity contribution in [2.45, 2.75) is 89.5 Å². The Bertz CT molecular complexity index is 1250. The van der Waals surface area contributed by atoms with E-state index in [0.29, 0.717) is 0 Å². The summed E-state index contributed by atoms with van der Waals surface area (Å²) in [5, 5.41) is 0. The van der Waals surface area contributed by atoms with Crippen molar-refractivity contribution in [3.05, 3.63) is 67.5 Å². The molecule has 0 saturated carbocycles. The maximum atomic E-state index is 5.21. The first-order chi connectivity index (χ1) is 15.8. The topological polar surface area (TPSA) is 41.9 Å². The number of benzene rings is 1. The van der Waals surface area contributed by atoms with Crippen LogP contribution in [0.3, 0.4) is 0 Å². The average molecular weight is 547 g/mol. The molecule has 35 heavy (non-hydrogen) atoms. The molecule has 0 aliphatic heterocycles. The van der Waals surface area contributed by atoms with Crippen LogP contribution in [0.1, 0.15) is 81.9 Å². The van der Waals surface area contributed by atoms with Crippen LogP contribution in [0, 0.1) is 75.2 Å². The van der Waals surface area contributed by atoms with Gasteiger partial charge in [0.1, 0.15) is 0 Å². The Morgan fingerprint density at radius 1 is 0.629 bits per heavy atom. The fraction of sp³-hybridized carbons (Fsp3) is 0.467. The summed E-state index contributed by atoms with van der Waals surface area (Å²) in [6.07, 6.45) is 0.982. The van der Waals surface area contributed by atoms with Gasteiger partial charge in [0.2, 0.25) is 5.95 Å². The van der Waals surface area contributed by atoms with Crippen molar-refractivity contribution in [2.24, 2.45) is 0 Å². The molecule has 0 saturated heterocycles. The van der Waals surface area contributed by atoms with Crippen molar-refractivity contribution in [1.82, 2.24) is 15.0 Å². The normalized spacial score (nSPS) is 10.9. The van der Waals surface area contributed by atoms with Gasteiger partial charge in [-0.25, -0.2) is 9.97 Å². The van der Waals surface area contributed by atoms with Crippen LogP contribution in [-0.2, 0) is 32.7 Å². The average Bonchev–Trinajstić information content (AvgIpc) is 2.80. The zero-order valence-corrected chi connectivity index (χ0v) is 26.9. The molecule has 2 heterocycles. The van der Waals surface area contributed by atoms with Crippen LogP contribution in [0.15, 0.2) is 0 Å². The van der Waals surface area contributed by atoms with Crippen LogP contribution in [0.2, 0.25) is 0 Å². The van der Waals surface area contributed by atoms with Gasteiger partial charge in [-0.2, -0.15) is 11.5 Å². The molecule has 0 atom stereocenters. The van der Waals surface area contributed by atoms with Gasteiger partial charge in [-0.1, -0.05) is 24.6 Å². The molecule has 0 bridgehead atoms. The molecule has 1 aromatic carbocycles. The Hall–Kier alpha value is -1.78. The molecule has 0 spiro atoms. The van der Waals surface area contributed by atoms with Crippen molar-refractivity contribution in [3.8, 4) is 11.3 Å². The van der Waals surface area contributed by atoms with Crippen molar-refractivity contribution in [2.75, 3.05) is 11.9 Å². The Kier molecular flexibility index (Phi) is 9.33. The van der Waals surface area contributed by atoms with E-state index in [1.165, 1.54) is 56.1 Å². The van der Waals surface area contributed by atoms with E-state index in [9.17, 15) is 0 Å². The van der Waals surface area contributed by atoms with Gasteiger partial charge >= 0.3 is 0 Å². The SMILES string of the molecule is CC[C-](C)c1nc(C)c(C)c(-c2nc(N(C)c3c(C)c(C)c(C)c(C)c3C)nc(C)c2C)c1C.[Y]. The zero-order chi connectivity index (χ0) is 25.6. The van der Waals surface area contributed by atoms with E-state index in [-0.39, 0.29) is 32.7 Å². The van der Waals surface area contributed by atoms with Gasteiger partial charge < -0.3 is 4.90 Å². The predicted molar refractivity (Wildman–Crippen MR) is 145 cm³/mol. The number of anilines is 2. The molecule has 0 amide bonds. The van der Waals surface area contributed by atoms with Crippen LogP contribution >= 0.6 is 0 Å². The first kappa shape index (κ1) is 29.5. The fourth-order valence-corrected chi connectivity index (χ4v) is 4.94. The quantitative estimate of drug-likeness (QED) is 0.307. The number of pyridine rings is 1. The summed E-state index contributed by atoms with van der Waals surface area (Å²) >= 11 is 0. The van der Waals surface area contributed by atoms with Crippen molar-refractivity contribution >= 4 is 11.6 Å². The largest absolute Gasteiger partial charge is 0.313 e. The number of hydrogen-bond acceptors (Lipinski definition) is 4. The van der Waals surface area contributed by atoms with E-state index in [1.54, 1.807) is 0 Å². The van der Waals surface area contributed by atoms with Gasteiger partial charge in [-0.3, -0.25) is 4.98 Å². The third-order valence-electron chi connectivity index (χ3n) is 8.07. The summed E-state index contributed by atoms with van der Waals surface area (Å²) in [5.74, 6) is 2.04. The maximum Gasteiger partial charge on any atom is 0.230 e. The van der Waals surface area contributed by atoms with Gasteiger partial charge in [0, 0.05) is 56.8 Å². The third-order valence-corrected chi connectivity index (χ3v) is 8.07. The van der Waals surface area contributed by atoms with Crippen molar-refractivity contribution in [3.63, 3.8) is 0 Å². The molecule has 0 unspecified atom stereocenters. The van der Waals surface area contributed by atoms with Gasteiger partial charge in [-0.15, -0.1) is 13.8 Å². The van der Waals surface area contributed by atoms with Crippen LogP contribution in [0.25, 0.3) is 11.3 Å². The van der Waals surface area contributed by atoms with E-state index < -0.39 is 0 Å². The monoisotopic (exact) mass is 546 g/mol. The zero-order valence-electron chi connectivity index (χ0n) is 24.1. The van der Waals surface area contributed by atoms with Crippen LogP contribution in [0.5, 0.6) is 0 Å². The molecule has 2 aromatic heterocycles. The molecular weight excluding hydrogens is 505 g/mol. The standard InChI is InChI=1S/C30H41N4.Y/c1-14-15(2)27-23(10)26(21(8)24(11)31-27)28-22(9)25(12)32-30(33-28)34(13)29-19(6)17(4)16(3)18(5)20(29)7;/h14H2,1-13H3;/q-1;. The first-order valence-corrected chi connectivity index (χ1v) is 12.3. The summed E-state index contributed by atoms with van der Waals surface area (Å²) < 4.78 is 0. The van der Waals surface area contributed by atoms with Crippen molar-refractivity contribution < 1.29 is 32.7 Å². The van der Waals surface area contributed by atoms with Crippen LogP contribution < -0.4 is 4.90 Å². The Morgan fingerprint density at radius 2 is 1.11 bits per heavy atom. The molecule has 5 heteroatoms. The summed E-state index contributed by atoms with van der Waals surface area (Å²) in [4.78, 5) is 17.3. The van der Waals surface area contributed by atoms with Crippen LogP contribution in [0.4, 0.5) is 11.6 Å². The summed E-state index contributed by atoms with van der Waals surface area (Å²) in [5.41, 5.74) is 16.7. The number of nitrogens with zero attached hydrogens (tertiary/aromatic N) is 4. The molecule has 185 valence electrons. The second-order valence-corrected chi connectivity index (χ2v) is 9.92. The second kappa shape index (κ2) is 11.1. The number of aromatic nitrogens is 3.